The highest BCUT2D eigenvalue weighted by atomic mass is 32.1. The van der Waals surface area contributed by atoms with Gasteiger partial charge in [0.05, 0.1) is 19.2 Å². The van der Waals surface area contributed by atoms with Gasteiger partial charge in [-0.25, -0.2) is 4.98 Å². The molecule has 0 aliphatic heterocycles. The highest BCUT2D eigenvalue weighted by molar-refractivity contribution is 7.14. The van der Waals surface area contributed by atoms with E-state index in [4.69, 9.17) is 0 Å². The van der Waals surface area contributed by atoms with Crippen molar-refractivity contribution in [2.45, 2.75) is 20.3 Å². The lowest BCUT2D eigenvalue weighted by Crippen LogP contribution is -2.13. The Balaban J connectivity index is 2.09. The Bertz CT molecular complexity index is 679. The molecule has 0 aliphatic carbocycles. The van der Waals surface area contributed by atoms with Crippen LogP contribution in [0.15, 0.2) is 23.6 Å². The van der Waals surface area contributed by atoms with Crippen molar-refractivity contribution in [1.29, 1.82) is 0 Å². The van der Waals surface area contributed by atoms with Crippen LogP contribution in [0.4, 0.5) is 5.13 Å². The molecule has 0 saturated heterocycles. The number of nitrogens with one attached hydrogen (secondary N) is 1. The lowest BCUT2D eigenvalue weighted by molar-refractivity contribution is -0.139. The number of hydrogen-bond donors (Lipinski definition) is 1. The van der Waals surface area contributed by atoms with Gasteiger partial charge >= 0.3 is 5.97 Å². The van der Waals surface area contributed by atoms with Crippen LogP contribution in [0.3, 0.4) is 0 Å². The molecule has 0 radical (unpaired) electrons. The Morgan fingerprint density at radius 2 is 2.10 bits per heavy atom. The van der Waals surface area contributed by atoms with Crippen LogP contribution in [0.25, 0.3) is 0 Å². The summed E-state index contributed by atoms with van der Waals surface area (Å²) in [6, 6.07) is 5.71. The van der Waals surface area contributed by atoms with Crippen molar-refractivity contribution in [1.82, 2.24) is 4.98 Å². The monoisotopic (exact) mass is 304 g/mol. The third kappa shape index (κ3) is 3.88. The van der Waals surface area contributed by atoms with Crippen LogP contribution in [0.1, 0.15) is 27.2 Å². The quantitative estimate of drug-likeness (QED) is 0.882. The number of benzene rings is 1. The molecule has 0 fully saturated rings. The average Bonchev–Trinajstić information content (AvgIpc) is 2.88. The van der Waals surface area contributed by atoms with Crippen molar-refractivity contribution in [2.75, 3.05) is 12.4 Å². The molecule has 0 unspecified atom stereocenters. The molecule has 5 nitrogen and oxygen atoms in total. The van der Waals surface area contributed by atoms with Crippen LogP contribution in [0.2, 0.25) is 0 Å². The first kappa shape index (κ1) is 15.2. The van der Waals surface area contributed by atoms with E-state index in [1.165, 1.54) is 18.4 Å². The summed E-state index contributed by atoms with van der Waals surface area (Å²) in [6.07, 6.45) is 0.104. The number of ether oxygens (including phenoxy) is 1. The summed E-state index contributed by atoms with van der Waals surface area (Å²) in [5.41, 5.74) is 3.14. The van der Waals surface area contributed by atoms with Gasteiger partial charge in [-0.2, -0.15) is 0 Å². The number of anilines is 1. The molecule has 0 saturated carbocycles. The summed E-state index contributed by atoms with van der Waals surface area (Å²) in [5, 5.41) is 4.96. The van der Waals surface area contributed by atoms with Crippen molar-refractivity contribution in [3.8, 4) is 0 Å². The molecular formula is C15H16N2O3S. The Kier molecular flexibility index (Phi) is 4.70. The van der Waals surface area contributed by atoms with Gasteiger partial charge in [0.2, 0.25) is 0 Å². The van der Waals surface area contributed by atoms with E-state index in [1.807, 2.05) is 32.0 Å². The minimum Gasteiger partial charge on any atom is -0.469 e. The molecule has 1 heterocycles. The molecule has 2 aromatic rings. The van der Waals surface area contributed by atoms with E-state index in [-0.39, 0.29) is 18.3 Å². The van der Waals surface area contributed by atoms with Crippen molar-refractivity contribution in [2.24, 2.45) is 0 Å². The second kappa shape index (κ2) is 6.49. The number of esters is 1. The molecule has 0 atom stereocenters. The molecule has 0 bridgehead atoms. The number of hydrogen-bond acceptors (Lipinski definition) is 5. The number of aromatic nitrogens is 1. The zero-order valence-corrected chi connectivity index (χ0v) is 12.9. The molecule has 110 valence electrons. The fourth-order valence-corrected chi connectivity index (χ4v) is 2.52. The maximum atomic E-state index is 12.2. The Morgan fingerprint density at radius 1 is 1.33 bits per heavy atom. The number of nitrogens with zero attached hydrogens (tertiary/aromatic N) is 1. The second-order valence-corrected chi connectivity index (χ2v) is 5.53. The first-order valence-corrected chi connectivity index (χ1v) is 7.27. The number of aryl methyl sites for hydroxylation is 2. The standard InChI is InChI=1S/C15H16N2O3S/c1-9-4-5-10(2)12(6-9)14(19)17-15-16-11(8-21-15)7-13(18)20-3/h4-6,8H,7H2,1-3H3,(H,16,17,19). The summed E-state index contributed by atoms with van der Waals surface area (Å²) in [6.45, 7) is 3.83. The fourth-order valence-electron chi connectivity index (χ4n) is 1.81. The molecular weight excluding hydrogens is 288 g/mol. The van der Waals surface area contributed by atoms with Gasteiger partial charge in [-0.05, 0) is 25.5 Å². The van der Waals surface area contributed by atoms with Crippen molar-refractivity contribution in [3.05, 3.63) is 46.0 Å². The number of methoxy groups -OCH3 is 1. The smallest absolute Gasteiger partial charge is 0.311 e. The molecule has 1 aromatic carbocycles. The summed E-state index contributed by atoms with van der Waals surface area (Å²) < 4.78 is 4.58. The second-order valence-electron chi connectivity index (χ2n) is 4.67. The van der Waals surface area contributed by atoms with Crippen LogP contribution < -0.4 is 5.32 Å². The molecule has 0 spiro atoms. The van der Waals surface area contributed by atoms with Gasteiger partial charge in [-0.15, -0.1) is 11.3 Å². The minimum absolute atomic E-state index is 0.104. The summed E-state index contributed by atoms with van der Waals surface area (Å²) in [4.78, 5) is 27.6. The maximum Gasteiger partial charge on any atom is 0.311 e. The highest BCUT2D eigenvalue weighted by Crippen LogP contribution is 2.18. The maximum absolute atomic E-state index is 12.2. The molecule has 6 heteroatoms. The number of carbonyl (C=O) groups excluding carboxylic acids is 2. The van der Waals surface area contributed by atoms with Gasteiger partial charge in [-0.1, -0.05) is 17.7 Å². The van der Waals surface area contributed by atoms with Crippen LogP contribution in [0.5, 0.6) is 0 Å². The van der Waals surface area contributed by atoms with Gasteiger partial charge in [0.1, 0.15) is 0 Å². The van der Waals surface area contributed by atoms with E-state index in [9.17, 15) is 9.59 Å². The number of amides is 1. The van der Waals surface area contributed by atoms with Gasteiger partial charge in [0.25, 0.3) is 5.91 Å². The number of carbonyl (C=O) groups is 2. The zero-order chi connectivity index (χ0) is 15.4. The SMILES string of the molecule is COC(=O)Cc1csc(NC(=O)c2cc(C)ccc2C)n1. The Labute approximate surface area is 127 Å². The molecule has 1 N–H and O–H groups in total. The molecule has 1 amide bonds. The third-order valence-corrected chi connectivity index (χ3v) is 3.77. The van der Waals surface area contributed by atoms with E-state index in [0.717, 1.165) is 11.1 Å². The van der Waals surface area contributed by atoms with Gasteiger partial charge in [0, 0.05) is 10.9 Å². The van der Waals surface area contributed by atoms with Crippen molar-refractivity contribution >= 4 is 28.3 Å². The van der Waals surface area contributed by atoms with E-state index in [2.05, 4.69) is 15.0 Å². The van der Waals surface area contributed by atoms with Crippen LogP contribution >= 0.6 is 11.3 Å². The van der Waals surface area contributed by atoms with E-state index in [0.29, 0.717) is 16.4 Å². The summed E-state index contributed by atoms with van der Waals surface area (Å²) in [7, 11) is 1.33. The first-order valence-electron chi connectivity index (χ1n) is 6.39. The van der Waals surface area contributed by atoms with Crippen LogP contribution in [-0.2, 0) is 16.0 Å². The Hall–Kier alpha value is -2.21. The predicted octanol–water partition coefficient (Wildman–Crippen LogP) is 2.73. The van der Waals surface area contributed by atoms with E-state index >= 15 is 0 Å². The summed E-state index contributed by atoms with van der Waals surface area (Å²) in [5.74, 6) is -0.553. The van der Waals surface area contributed by atoms with Gasteiger partial charge in [-0.3, -0.25) is 14.9 Å². The lowest BCUT2D eigenvalue weighted by Gasteiger charge is -2.06. The number of thiazole rings is 1. The van der Waals surface area contributed by atoms with Crippen molar-refractivity contribution < 1.29 is 14.3 Å². The van der Waals surface area contributed by atoms with Gasteiger partial charge in [0.15, 0.2) is 5.13 Å². The topological polar surface area (TPSA) is 68.3 Å². The van der Waals surface area contributed by atoms with Crippen LogP contribution in [0, 0.1) is 13.8 Å². The largest absolute Gasteiger partial charge is 0.469 e. The zero-order valence-electron chi connectivity index (χ0n) is 12.1. The van der Waals surface area contributed by atoms with E-state index in [1.54, 1.807) is 5.38 Å². The third-order valence-electron chi connectivity index (χ3n) is 2.96. The first-order chi connectivity index (χ1) is 9.99. The number of rotatable bonds is 4. The fraction of sp³-hybridized carbons (Fsp3) is 0.267. The van der Waals surface area contributed by atoms with Crippen LogP contribution in [-0.4, -0.2) is 24.0 Å². The Morgan fingerprint density at radius 3 is 2.81 bits per heavy atom. The highest BCUT2D eigenvalue weighted by Gasteiger charge is 2.13. The molecule has 21 heavy (non-hydrogen) atoms. The molecule has 1 aromatic heterocycles. The summed E-state index contributed by atoms with van der Waals surface area (Å²) >= 11 is 1.28. The van der Waals surface area contributed by atoms with Crippen molar-refractivity contribution in [3.63, 3.8) is 0 Å². The molecule has 0 aliphatic rings. The van der Waals surface area contributed by atoms with Gasteiger partial charge < -0.3 is 4.74 Å². The molecule has 2 rings (SSSR count). The minimum atomic E-state index is -0.354. The predicted molar refractivity (Wildman–Crippen MR) is 81.7 cm³/mol. The normalized spacial score (nSPS) is 10.2. The lowest BCUT2D eigenvalue weighted by atomic mass is 10.1. The van der Waals surface area contributed by atoms with E-state index < -0.39 is 0 Å². The average molecular weight is 304 g/mol.